The Balaban J connectivity index is 2.76. The van der Waals surface area contributed by atoms with Crippen molar-refractivity contribution in [2.75, 3.05) is 11.0 Å². The molecule has 25 heavy (non-hydrogen) atoms. The highest BCUT2D eigenvalue weighted by atomic mass is 32.2. The topological polar surface area (TPSA) is 95.0 Å². The number of anilines is 1. The fourth-order valence-corrected chi connectivity index (χ4v) is 3.99. The van der Waals surface area contributed by atoms with Crippen LogP contribution in [0.1, 0.15) is 24.2 Å². The summed E-state index contributed by atoms with van der Waals surface area (Å²) in [5, 5.41) is 10.4. The van der Waals surface area contributed by atoms with E-state index in [1.54, 1.807) is 25.1 Å². The van der Waals surface area contributed by atoms with Gasteiger partial charge in [0.05, 0.1) is 16.1 Å². The Morgan fingerprint density at radius 3 is 2.08 bits per heavy atom. The monoisotopic (exact) mass is 362 g/mol. The molecular weight excluding hydrogens is 344 g/mol. The molecule has 0 spiro atoms. The number of hydrogen-bond acceptors (Lipinski definition) is 4. The minimum atomic E-state index is -4.19. The smallest absolute Gasteiger partial charge is 0.337 e. The van der Waals surface area contributed by atoms with Gasteiger partial charge in [0.25, 0.3) is 10.0 Å². The van der Waals surface area contributed by atoms with Gasteiger partial charge in [0.2, 0.25) is 5.91 Å². The molecule has 0 saturated heterocycles. The number of rotatable bonds is 6. The number of aromatic carboxylic acids is 1. The van der Waals surface area contributed by atoms with Crippen molar-refractivity contribution in [3.8, 4) is 0 Å². The van der Waals surface area contributed by atoms with Crippen LogP contribution in [0.15, 0.2) is 59.5 Å². The summed E-state index contributed by atoms with van der Waals surface area (Å²) < 4.78 is 27.1. The van der Waals surface area contributed by atoms with Crippen molar-refractivity contribution in [1.29, 1.82) is 0 Å². The van der Waals surface area contributed by atoms with Crippen LogP contribution in [-0.2, 0) is 14.8 Å². The Morgan fingerprint density at radius 2 is 1.56 bits per heavy atom. The van der Waals surface area contributed by atoms with Crippen LogP contribution in [0.4, 0.5) is 5.69 Å². The van der Waals surface area contributed by atoms with Gasteiger partial charge in [-0.2, -0.15) is 12.8 Å². The molecule has 8 heteroatoms. The Bertz CT molecular complexity index is 881. The second-order valence-electron chi connectivity index (χ2n) is 5.12. The molecule has 1 amide bonds. The normalized spacial score (nSPS) is 11.0. The molecule has 0 saturated carbocycles. The molecule has 0 unspecified atom stereocenters. The largest absolute Gasteiger partial charge is 0.478 e. The van der Waals surface area contributed by atoms with E-state index in [4.69, 9.17) is 0 Å². The average molecular weight is 362 g/mol. The van der Waals surface area contributed by atoms with Crippen molar-refractivity contribution in [3.63, 3.8) is 0 Å². The van der Waals surface area contributed by atoms with Gasteiger partial charge in [0.1, 0.15) is 0 Å². The fraction of sp³-hybridized carbons (Fsp3) is 0.176. The van der Waals surface area contributed by atoms with Gasteiger partial charge in [-0.3, -0.25) is 4.79 Å². The third-order valence-electron chi connectivity index (χ3n) is 3.49. The second kappa shape index (κ2) is 7.35. The number of amides is 1. The number of nitrogens with zero attached hydrogens (tertiary/aromatic N) is 2. The molecule has 0 bridgehead atoms. The third-order valence-corrected chi connectivity index (χ3v) is 5.21. The maximum Gasteiger partial charge on any atom is 0.337 e. The molecule has 132 valence electrons. The van der Waals surface area contributed by atoms with E-state index in [-0.39, 0.29) is 22.7 Å². The molecule has 0 aliphatic heterocycles. The number of hydrazine groups is 1. The van der Waals surface area contributed by atoms with E-state index in [0.29, 0.717) is 0 Å². The minimum Gasteiger partial charge on any atom is -0.478 e. The highest BCUT2D eigenvalue weighted by molar-refractivity contribution is 7.92. The first-order chi connectivity index (χ1) is 11.8. The summed E-state index contributed by atoms with van der Waals surface area (Å²) in [4.78, 5) is 23.5. The Labute approximate surface area is 146 Å². The molecule has 2 aromatic carbocycles. The molecule has 2 aromatic rings. The van der Waals surface area contributed by atoms with Gasteiger partial charge in [-0.05, 0) is 31.2 Å². The highest BCUT2D eigenvalue weighted by Crippen LogP contribution is 2.29. The maximum absolute atomic E-state index is 13.2. The molecule has 2 rings (SSSR count). The summed E-state index contributed by atoms with van der Waals surface area (Å²) in [5.74, 6) is -1.81. The molecule has 0 fully saturated rings. The first-order valence-corrected chi connectivity index (χ1v) is 8.95. The van der Waals surface area contributed by atoms with Gasteiger partial charge in [0, 0.05) is 13.5 Å². The first kappa shape index (κ1) is 18.5. The molecule has 1 N–H and O–H groups in total. The number of para-hydroxylation sites is 1. The zero-order valence-electron chi connectivity index (χ0n) is 13.8. The van der Waals surface area contributed by atoms with E-state index in [2.05, 4.69) is 0 Å². The highest BCUT2D eigenvalue weighted by Gasteiger charge is 2.33. The molecule has 0 aromatic heterocycles. The van der Waals surface area contributed by atoms with Crippen LogP contribution in [0.25, 0.3) is 0 Å². The lowest BCUT2D eigenvalue weighted by Crippen LogP contribution is -2.49. The summed E-state index contributed by atoms with van der Waals surface area (Å²) in [5.41, 5.74) is -0.322. The number of benzene rings is 2. The molecular formula is C17H18N2O5S. The van der Waals surface area contributed by atoms with Crippen LogP contribution in [0.3, 0.4) is 0 Å². The number of carbonyl (C=O) groups excluding carboxylic acids is 1. The number of sulfonamides is 1. The molecule has 7 nitrogen and oxygen atoms in total. The molecule has 0 aliphatic carbocycles. The van der Waals surface area contributed by atoms with E-state index >= 15 is 0 Å². The predicted octanol–water partition coefficient (Wildman–Crippen LogP) is 2.36. The van der Waals surface area contributed by atoms with E-state index in [0.717, 1.165) is 9.42 Å². The Morgan fingerprint density at radius 1 is 1.00 bits per heavy atom. The molecule has 0 atom stereocenters. The number of carboxylic acids is 1. The lowest BCUT2D eigenvalue weighted by atomic mass is 10.2. The molecule has 0 aliphatic rings. The number of hydrogen-bond donors (Lipinski definition) is 1. The maximum atomic E-state index is 13.2. The summed E-state index contributed by atoms with van der Waals surface area (Å²) in [6.45, 7) is 2.88. The van der Waals surface area contributed by atoms with Crippen molar-refractivity contribution in [2.45, 2.75) is 18.7 Å². The fourth-order valence-electron chi connectivity index (χ4n) is 2.38. The zero-order valence-corrected chi connectivity index (χ0v) is 14.6. The SMILES string of the molecule is CCN(C(C)=O)N(c1ccccc1C(=O)O)S(=O)(=O)c1ccccc1. The van der Waals surface area contributed by atoms with Gasteiger partial charge < -0.3 is 5.11 Å². The Kier molecular flexibility index (Phi) is 5.43. The standard InChI is InChI=1S/C17H18N2O5S/c1-3-18(13(2)20)19(16-12-8-7-11-15(16)17(21)22)25(23,24)14-9-5-4-6-10-14/h4-12H,3H2,1-2H3,(H,21,22). The van der Waals surface area contributed by atoms with E-state index in [9.17, 15) is 23.1 Å². The van der Waals surface area contributed by atoms with Crippen LogP contribution in [0.5, 0.6) is 0 Å². The first-order valence-electron chi connectivity index (χ1n) is 7.51. The van der Waals surface area contributed by atoms with E-state index in [1.807, 2.05) is 0 Å². The van der Waals surface area contributed by atoms with Gasteiger partial charge in [-0.15, -0.1) is 0 Å². The number of carboxylic acid groups (broad SMARTS) is 1. The van der Waals surface area contributed by atoms with Crippen LogP contribution in [-0.4, -0.2) is 37.0 Å². The van der Waals surface area contributed by atoms with E-state index in [1.165, 1.54) is 43.3 Å². The average Bonchev–Trinajstić information content (AvgIpc) is 2.59. The number of carbonyl (C=O) groups is 2. The lowest BCUT2D eigenvalue weighted by molar-refractivity contribution is -0.128. The Hall–Kier alpha value is -2.87. The molecule has 0 heterocycles. The molecule has 0 radical (unpaired) electrons. The summed E-state index contributed by atoms with van der Waals surface area (Å²) >= 11 is 0. The van der Waals surface area contributed by atoms with Crippen LogP contribution < -0.4 is 4.41 Å². The van der Waals surface area contributed by atoms with Crippen LogP contribution in [0.2, 0.25) is 0 Å². The van der Waals surface area contributed by atoms with Crippen molar-refractivity contribution in [2.24, 2.45) is 0 Å². The van der Waals surface area contributed by atoms with Crippen molar-refractivity contribution < 1.29 is 23.1 Å². The quantitative estimate of drug-likeness (QED) is 0.796. The predicted molar refractivity (Wildman–Crippen MR) is 92.6 cm³/mol. The summed E-state index contributed by atoms with van der Waals surface area (Å²) in [6.07, 6.45) is 0. The van der Waals surface area contributed by atoms with Gasteiger partial charge >= 0.3 is 5.97 Å². The van der Waals surface area contributed by atoms with Crippen LogP contribution in [0, 0.1) is 0 Å². The van der Waals surface area contributed by atoms with Crippen molar-refractivity contribution >= 4 is 27.6 Å². The second-order valence-corrected chi connectivity index (χ2v) is 6.89. The van der Waals surface area contributed by atoms with Crippen molar-refractivity contribution in [1.82, 2.24) is 5.01 Å². The van der Waals surface area contributed by atoms with Gasteiger partial charge in [-0.25, -0.2) is 9.80 Å². The van der Waals surface area contributed by atoms with Crippen LogP contribution >= 0.6 is 0 Å². The van der Waals surface area contributed by atoms with Gasteiger partial charge in [0.15, 0.2) is 0 Å². The minimum absolute atomic E-state index is 0.0464. The summed E-state index contributed by atoms with van der Waals surface area (Å²) in [6, 6.07) is 13.2. The lowest BCUT2D eigenvalue weighted by Gasteiger charge is -2.34. The van der Waals surface area contributed by atoms with Gasteiger partial charge in [-0.1, -0.05) is 30.3 Å². The van der Waals surface area contributed by atoms with Crippen molar-refractivity contribution in [3.05, 3.63) is 60.2 Å². The summed E-state index contributed by atoms with van der Waals surface area (Å²) in [7, 11) is -4.19. The third kappa shape index (κ3) is 3.63. The van der Waals surface area contributed by atoms with E-state index < -0.39 is 21.9 Å². The zero-order chi connectivity index (χ0) is 18.6.